The summed E-state index contributed by atoms with van der Waals surface area (Å²) in [5.74, 6) is 0.321. The highest BCUT2D eigenvalue weighted by atomic mass is 35.5. The summed E-state index contributed by atoms with van der Waals surface area (Å²) in [6.07, 6.45) is 0. The van der Waals surface area contributed by atoms with Crippen LogP contribution >= 0.6 is 12.4 Å². The number of H-pyrrole nitrogens is 1. The van der Waals surface area contributed by atoms with Gasteiger partial charge in [-0.3, -0.25) is 5.10 Å². The number of aryl methyl sites for hydroxylation is 1. The number of ether oxygens (including phenoxy) is 3. The number of aromatic nitrogens is 3. The number of aromatic hydroxyl groups is 1. The largest absolute Gasteiger partial charge is 0.508 e. The molecule has 0 spiro atoms. The molecule has 2 heterocycles. The van der Waals surface area contributed by atoms with Crippen molar-refractivity contribution in [3.8, 4) is 28.5 Å². The van der Waals surface area contributed by atoms with Gasteiger partial charge in [0.15, 0.2) is 17.1 Å². The average molecular weight is 434 g/mol. The zero-order valence-corrected chi connectivity index (χ0v) is 17.5. The Kier molecular flexibility index (Phi) is 6.28. The first-order chi connectivity index (χ1) is 14.0. The molecule has 0 bridgehead atoms. The van der Waals surface area contributed by atoms with Gasteiger partial charge in [-0.2, -0.15) is 5.10 Å². The number of rotatable bonds is 6. The van der Waals surface area contributed by atoms with Gasteiger partial charge in [-0.25, -0.2) is 9.37 Å². The third-order valence-electron chi connectivity index (χ3n) is 4.73. The summed E-state index contributed by atoms with van der Waals surface area (Å²) in [6.45, 7) is 2.67. The lowest BCUT2D eigenvalue weighted by Crippen LogP contribution is -2.05. The Labute approximate surface area is 178 Å². The maximum Gasteiger partial charge on any atom is 0.182 e. The quantitative estimate of drug-likeness (QED) is 0.438. The monoisotopic (exact) mass is 433 g/mol. The van der Waals surface area contributed by atoms with Crippen LogP contribution in [0.2, 0.25) is 0 Å². The van der Waals surface area contributed by atoms with Gasteiger partial charge in [0.05, 0.1) is 24.8 Å². The normalized spacial score (nSPS) is 10.9. The first-order valence-electron chi connectivity index (χ1n) is 9.01. The van der Waals surface area contributed by atoms with E-state index < -0.39 is 5.82 Å². The Hall–Kier alpha value is -3.10. The summed E-state index contributed by atoms with van der Waals surface area (Å²) in [4.78, 5) is 4.59. The van der Waals surface area contributed by atoms with Crippen LogP contribution in [0.25, 0.3) is 33.1 Å². The number of phenols is 1. The van der Waals surface area contributed by atoms with Crippen LogP contribution in [0.15, 0.2) is 30.3 Å². The highest BCUT2D eigenvalue weighted by Crippen LogP contribution is 2.43. The number of fused-ring (bicyclic) bond motifs is 3. The van der Waals surface area contributed by atoms with Gasteiger partial charge in [0, 0.05) is 35.2 Å². The van der Waals surface area contributed by atoms with Crippen LogP contribution in [0.3, 0.4) is 0 Å². The van der Waals surface area contributed by atoms with E-state index in [1.54, 1.807) is 20.3 Å². The third kappa shape index (κ3) is 3.59. The molecule has 0 amide bonds. The van der Waals surface area contributed by atoms with Crippen molar-refractivity contribution in [3.63, 3.8) is 0 Å². The van der Waals surface area contributed by atoms with Gasteiger partial charge in [-0.05, 0) is 31.2 Å². The van der Waals surface area contributed by atoms with Crippen molar-refractivity contribution in [2.45, 2.75) is 6.92 Å². The molecule has 0 unspecified atom stereocenters. The van der Waals surface area contributed by atoms with E-state index in [-0.39, 0.29) is 23.7 Å². The number of hydrogen-bond acceptors (Lipinski definition) is 6. The molecule has 0 saturated heterocycles. The number of nitrogens with one attached hydrogen (secondary N) is 1. The van der Waals surface area contributed by atoms with Crippen LogP contribution < -0.4 is 9.47 Å². The first-order valence-corrected chi connectivity index (χ1v) is 9.01. The second-order valence-electron chi connectivity index (χ2n) is 6.53. The first kappa shape index (κ1) is 21.6. The van der Waals surface area contributed by atoms with E-state index in [0.717, 1.165) is 22.5 Å². The standard InChI is InChI=1S/C21H20FN3O4.ClH/c1-11-17-18-14(6-7-16(20(18)28-3)29-9-8-27-2)19(23-21(17)25-24-11)13-5-4-12(26)10-15(13)22;/h4-7,10,26H,8-9H2,1-3H3,(H,23,24,25);1H. The predicted molar refractivity (Wildman–Crippen MR) is 114 cm³/mol. The minimum atomic E-state index is -0.579. The zero-order valence-electron chi connectivity index (χ0n) is 16.7. The number of benzene rings is 2. The van der Waals surface area contributed by atoms with Crippen molar-refractivity contribution >= 4 is 34.2 Å². The van der Waals surface area contributed by atoms with Crippen molar-refractivity contribution in [2.75, 3.05) is 27.4 Å². The molecular weight excluding hydrogens is 413 g/mol. The Morgan fingerprint density at radius 3 is 2.60 bits per heavy atom. The highest BCUT2D eigenvalue weighted by Gasteiger charge is 2.22. The van der Waals surface area contributed by atoms with Crippen molar-refractivity contribution in [2.24, 2.45) is 0 Å². The molecule has 2 aromatic heterocycles. The van der Waals surface area contributed by atoms with Gasteiger partial charge >= 0.3 is 0 Å². The molecule has 2 N–H and O–H groups in total. The lowest BCUT2D eigenvalue weighted by Gasteiger charge is -2.16. The predicted octanol–water partition coefficient (Wildman–Crippen LogP) is 4.39. The van der Waals surface area contributed by atoms with Crippen molar-refractivity contribution < 1.29 is 23.7 Å². The molecule has 30 heavy (non-hydrogen) atoms. The molecule has 4 rings (SSSR count). The molecule has 0 fully saturated rings. The van der Waals surface area contributed by atoms with Gasteiger partial charge < -0.3 is 19.3 Å². The molecule has 4 aromatic rings. The molecule has 0 aliphatic carbocycles. The fraction of sp³-hybridized carbons (Fsp3) is 0.238. The van der Waals surface area contributed by atoms with Gasteiger partial charge in [-0.1, -0.05) is 0 Å². The second-order valence-corrected chi connectivity index (χ2v) is 6.53. The summed E-state index contributed by atoms with van der Waals surface area (Å²) in [7, 11) is 3.16. The molecule has 2 aromatic carbocycles. The van der Waals surface area contributed by atoms with Crippen LogP contribution in [-0.2, 0) is 4.74 Å². The van der Waals surface area contributed by atoms with Gasteiger partial charge in [0.25, 0.3) is 0 Å². The van der Waals surface area contributed by atoms with Crippen LogP contribution in [0.4, 0.5) is 4.39 Å². The minimum absolute atomic E-state index is 0. The number of pyridine rings is 1. The van der Waals surface area contributed by atoms with Crippen molar-refractivity contribution in [1.29, 1.82) is 0 Å². The molecule has 7 nitrogen and oxygen atoms in total. The molecule has 158 valence electrons. The number of halogens is 2. The number of methoxy groups -OCH3 is 2. The van der Waals surface area contributed by atoms with E-state index in [1.165, 1.54) is 12.1 Å². The van der Waals surface area contributed by atoms with Crippen molar-refractivity contribution in [3.05, 3.63) is 41.8 Å². The van der Waals surface area contributed by atoms with Gasteiger partial charge in [-0.15, -0.1) is 12.4 Å². The van der Waals surface area contributed by atoms with Crippen LogP contribution in [0, 0.1) is 12.7 Å². The van der Waals surface area contributed by atoms with Crippen LogP contribution in [0.5, 0.6) is 17.2 Å². The topological polar surface area (TPSA) is 89.5 Å². The van der Waals surface area contributed by atoms with E-state index in [1.807, 2.05) is 13.0 Å². The van der Waals surface area contributed by atoms with Crippen LogP contribution in [-0.4, -0.2) is 47.7 Å². The fourth-order valence-electron chi connectivity index (χ4n) is 3.42. The van der Waals surface area contributed by atoms with E-state index in [0.29, 0.717) is 41.4 Å². The molecule has 0 aliphatic heterocycles. The van der Waals surface area contributed by atoms with Crippen LogP contribution in [0.1, 0.15) is 5.69 Å². The van der Waals surface area contributed by atoms with Crippen molar-refractivity contribution in [1.82, 2.24) is 15.2 Å². The van der Waals surface area contributed by atoms with Gasteiger partial charge in [0.1, 0.15) is 18.2 Å². The Morgan fingerprint density at radius 1 is 1.10 bits per heavy atom. The van der Waals surface area contributed by atoms with E-state index in [2.05, 4.69) is 15.2 Å². The molecule has 0 radical (unpaired) electrons. The molecule has 0 saturated carbocycles. The summed E-state index contributed by atoms with van der Waals surface area (Å²) in [5.41, 5.74) is 1.90. The Morgan fingerprint density at radius 2 is 1.90 bits per heavy atom. The molecular formula is C21H21ClFN3O4. The highest BCUT2D eigenvalue weighted by molar-refractivity contribution is 6.14. The molecule has 0 aliphatic rings. The number of phenolic OH excluding ortho intramolecular Hbond substituents is 1. The fourth-order valence-corrected chi connectivity index (χ4v) is 3.42. The maximum absolute atomic E-state index is 14.6. The maximum atomic E-state index is 14.6. The summed E-state index contributed by atoms with van der Waals surface area (Å²) >= 11 is 0. The van der Waals surface area contributed by atoms with E-state index >= 15 is 0 Å². The number of aromatic amines is 1. The summed E-state index contributed by atoms with van der Waals surface area (Å²) < 4.78 is 31.2. The van der Waals surface area contributed by atoms with E-state index in [4.69, 9.17) is 14.2 Å². The molecule has 0 atom stereocenters. The molecule has 9 heteroatoms. The lowest BCUT2D eigenvalue weighted by atomic mass is 9.99. The SMILES string of the molecule is COCCOc1ccc2c(-c3ccc(O)cc3F)nc3n[nH]c(C)c3c2c1OC.Cl. The number of hydrogen-bond donors (Lipinski definition) is 2. The lowest BCUT2D eigenvalue weighted by molar-refractivity contribution is 0.144. The van der Waals surface area contributed by atoms with Gasteiger partial charge in [0.2, 0.25) is 0 Å². The minimum Gasteiger partial charge on any atom is -0.508 e. The summed E-state index contributed by atoms with van der Waals surface area (Å²) in [5, 5.41) is 18.9. The zero-order chi connectivity index (χ0) is 20.5. The Balaban J connectivity index is 0.00000256. The van der Waals surface area contributed by atoms with E-state index in [9.17, 15) is 9.50 Å². The number of nitrogens with zero attached hydrogens (tertiary/aromatic N) is 2. The summed E-state index contributed by atoms with van der Waals surface area (Å²) in [6, 6.07) is 7.56. The third-order valence-corrected chi connectivity index (χ3v) is 4.73. The Bertz CT molecular complexity index is 1210. The smallest absolute Gasteiger partial charge is 0.182 e. The average Bonchev–Trinajstić information content (AvgIpc) is 3.08. The second kappa shape index (κ2) is 8.73.